The molecule has 0 aliphatic carbocycles. The summed E-state index contributed by atoms with van der Waals surface area (Å²) < 4.78 is 5.43. The highest BCUT2D eigenvalue weighted by molar-refractivity contribution is 7.99. The zero-order valence-electron chi connectivity index (χ0n) is 11.2. The maximum atomic E-state index is 8.74. The van der Waals surface area contributed by atoms with E-state index in [4.69, 9.17) is 9.84 Å². The summed E-state index contributed by atoms with van der Waals surface area (Å²) in [6, 6.07) is 8.60. The van der Waals surface area contributed by atoms with Crippen molar-refractivity contribution in [1.29, 1.82) is 0 Å². The van der Waals surface area contributed by atoms with Gasteiger partial charge in [0.05, 0.1) is 6.61 Å². The number of nitrogens with one attached hydrogen (secondary N) is 1. The van der Waals surface area contributed by atoms with E-state index in [2.05, 4.69) is 17.4 Å². The molecule has 1 rings (SSSR count). The lowest BCUT2D eigenvalue weighted by Gasteiger charge is -2.16. The van der Waals surface area contributed by atoms with Gasteiger partial charge in [-0.05, 0) is 43.8 Å². The molecule has 0 fully saturated rings. The fraction of sp³-hybridized carbons (Fsp3) is 0.571. The van der Waals surface area contributed by atoms with E-state index in [1.165, 1.54) is 5.56 Å². The van der Waals surface area contributed by atoms with Crippen molar-refractivity contribution in [3.8, 4) is 5.75 Å². The average molecular weight is 269 g/mol. The normalized spacial score (nSPS) is 12.4. The Morgan fingerprint density at radius 3 is 2.61 bits per heavy atom. The Morgan fingerprint density at radius 2 is 2.06 bits per heavy atom. The third kappa shape index (κ3) is 5.29. The Bertz CT molecular complexity index is 316. The summed E-state index contributed by atoms with van der Waals surface area (Å²) in [6.45, 7) is 2.97. The lowest BCUT2D eigenvalue weighted by atomic mass is 10.1. The van der Waals surface area contributed by atoms with Crippen LogP contribution in [0.25, 0.3) is 0 Å². The van der Waals surface area contributed by atoms with E-state index in [9.17, 15) is 0 Å². The zero-order chi connectivity index (χ0) is 13.2. The topological polar surface area (TPSA) is 41.5 Å². The van der Waals surface area contributed by atoms with Crippen molar-refractivity contribution in [2.75, 3.05) is 31.8 Å². The minimum absolute atomic E-state index is 0.278. The first-order chi connectivity index (χ1) is 8.81. The minimum Gasteiger partial charge on any atom is -0.494 e. The summed E-state index contributed by atoms with van der Waals surface area (Å²) in [5.41, 5.74) is 1.28. The second-order valence-electron chi connectivity index (χ2n) is 4.00. The molecule has 1 unspecified atom stereocenters. The molecule has 1 aromatic rings. The van der Waals surface area contributed by atoms with E-state index >= 15 is 0 Å². The monoisotopic (exact) mass is 269 g/mol. The first-order valence-corrected chi connectivity index (χ1v) is 7.56. The van der Waals surface area contributed by atoms with Gasteiger partial charge in [-0.1, -0.05) is 12.1 Å². The van der Waals surface area contributed by atoms with Gasteiger partial charge in [-0.15, -0.1) is 0 Å². The predicted molar refractivity (Wildman–Crippen MR) is 78.4 cm³/mol. The molecule has 3 nitrogen and oxygen atoms in total. The zero-order valence-corrected chi connectivity index (χ0v) is 12.0. The molecule has 102 valence electrons. The van der Waals surface area contributed by atoms with Crippen LogP contribution in [-0.2, 0) is 0 Å². The highest BCUT2D eigenvalue weighted by Gasteiger charge is 2.08. The van der Waals surface area contributed by atoms with E-state index in [0.29, 0.717) is 12.6 Å². The van der Waals surface area contributed by atoms with Crippen LogP contribution in [0, 0.1) is 0 Å². The van der Waals surface area contributed by atoms with E-state index in [0.717, 1.165) is 23.7 Å². The largest absolute Gasteiger partial charge is 0.494 e. The van der Waals surface area contributed by atoms with E-state index in [1.54, 1.807) is 0 Å². The molecule has 2 N–H and O–H groups in total. The van der Waals surface area contributed by atoms with Crippen molar-refractivity contribution >= 4 is 11.8 Å². The Labute approximate surface area is 114 Å². The molecule has 1 aromatic carbocycles. The van der Waals surface area contributed by atoms with Gasteiger partial charge in [-0.3, -0.25) is 0 Å². The second-order valence-corrected chi connectivity index (χ2v) is 5.15. The maximum Gasteiger partial charge on any atom is 0.119 e. The van der Waals surface area contributed by atoms with Gasteiger partial charge in [0.2, 0.25) is 0 Å². The van der Waals surface area contributed by atoms with Gasteiger partial charge >= 0.3 is 0 Å². The molecule has 0 amide bonds. The van der Waals surface area contributed by atoms with Gasteiger partial charge in [-0.2, -0.15) is 11.8 Å². The molecule has 0 aromatic heterocycles. The smallest absolute Gasteiger partial charge is 0.119 e. The summed E-state index contributed by atoms with van der Waals surface area (Å²) in [5, 5.41) is 12.1. The van der Waals surface area contributed by atoms with Crippen LogP contribution in [0.1, 0.15) is 24.9 Å². The number of thioether (sulfide) groups is 1. The molecular weight excluding hydrogens is 246 g/mol. The highest BCUT2D eigenvalue weighted by atomic mass is 32.2. The number of hydrogen-bond acceptors (Lipinski definition) is 4. The second kappa shape index (κ2) is 9.25. The minimum atomic E-state index is 0.278. The lowest BCUT2D eigenvalue weighted by molar-refractivity contribution is 0.296. The van der Waals surface area contributed by atoms with Crippen molar-refractivity contribution in [2.24, 2.45) is 0 Å². The summed E-state index contributed by atoms with van der Waals surface area (Å²) in [5.74, 6) is 2.94. The molecule has 0 bridgehead atoms. The third-order valence-corrected chi connectivity index (χ3v) is 3.82. The molecule has 0 heterocycles. The Hall–Kier alpha value is -0.710. The van der Waals surface area contributed by atoms with Crippen LogP contribution < -0.4 is 10.1 Å². The SMILES string of the molecule is CCOc1ccc(C(CSCCCO)NC)cc1. The summed E-state index contributed by atoms with van der Waals surface area (Å²) >= 11 is 1.87. The van der Waals surface area contributed by atoms with Crippen molar-refractivity contribution in [1.82, 2.24) is 5.32 Å². The maximum absolute atomic E-state index is 8.74. The van der Waals surface area contributed by atoms with Gasteiger partial charge in [0.25, 0.3) is 0 Å². The van der Waals surface area contributed by atoms with Crippen LogP contribution in [-0.4, -0.2) is 36.9 Å². The van der Waals surface area contributed by atoms with Gasteiger partial charge in [0.1, 0.15) is 5.75 Å². The van der Waals surface area contributed by atoms with E-state index in [-0.39, 0.29) is 6.61 Å². The number of hydrogen-bond donors (Lipinski definition) is 2. The first kappa shape index (κ1) is 15.3. The predicted octanol–water partition coefficient (Wildman–Crippen LogP) is 2.46. The highest BCUT2D eigenvalue weighted by Crippen LogP contribution is 2.21. The number of ether oxygens (including phenoxy) is 1. The van der Waals surface area contributed by atoms with Gasteiger partial charge in [0.15, 0.2) is 0 Å². The molecule has 0 saturated heterocycles. The molecule has 0 spiro atoms. The third-order valence-electron chi connectivity index (χ3n) is 2.67. The van der Waals surface area contributed by atoms with Gasteiger partial charge < -0.3 is 15.2 Å². The van der Waals surface area contributed by atoms with Crippen LogP contribution in [0.5, 0.6) is 5.75 Å². The lowest BCUT2D eigenvalue weighted by Crippen LogP contribution is -2.18. The van der Waals surface area contributed by atoms with Gasteiger partial charge in [0, 0.05) is 18.4 Å². The van der Waals surface area contributed by atoms with Crippen LogP contribution >= 0.6 is 11.8 Å². The van der Waals surface area contributed by atoms with Crippen LogP contribution in [0.4, 0.5) is 0 Å². The van der Waals surface area contributed by atoms with Crippen molar-refractivity contribution < 1.29 is 9.84 Å². The van der Waals surface area contributed by atoms with Crippen molar-refractivity contribution in [2.45, 2.75) is 19.4 Å². The van der Waals surface area contributed by atoms with Gasteiger partial charge in [-0.25, -0.2) is 0 Å². The Morgan fingerprint density at radius 1 is 1.33 bits per heavy atom. The van der Waals surface area contributed by atoms with Crippen LogP contribution in [0.15, 0.2) is 24.3 Å². The Balaban J connectivity index is 2.48. The van der Waals surface area contributed by atoms with E-state index in [1.807, 2.05) is 37.9 Å². The number of rotatable bonds is 9. The van der Waals surface area contributed by atoms with Crippen molar-refractivity contribution in [3.63, 3.8) is 0 Å². The molecule has 0 aliphatic rings. The molecular formula is C14H23NO2S. The summed E-state index contributed by atoms with van der Waals surface area (Å²) in [4.78, 5) is 0. The quantitative estimate of drug-likeness (QED) is 0.676. The first-order valence-electron chi connectivity index (χ1n) is 6.40. The molecule has 1 atom stereocenters. The fourth-order valence-corrected chi connectivity index (χ4v) is 2.77. The molecule has 4 heteroatoms. The van der Waals surface area contributed by atoms with Crippen LogP contribution in [0.3, 0.4) is 0 Å². The fourth-order valence-electron chi connectivity index (χ4n) is 1.68. The Kier molecular flexibility index (Phi) is 7.89. The summed E-state index contributed by atoms with van der Waals surface area (Å²) in [7, 11) is 1.98. The molecule has 18 heavy (non-hydrogen) atoms. The standard InChI is InChI=1S/C14H23NO2S/c1-3-17-13-7-5-12(6-8-13)14(15-2)11-18-10-4-9-16/h5-8,14-16H,3-4,9-11H2,1-2H3. The average Bonchev–Trinajstić information content (AvgIpc) is 2.41. The molecule has 0 radical (unpaired) electrons. The van der Waals surface area contributed by atoms with E-state index < -0.39 is 0 Å². The molecule has 0 saturated carbocycles. The number of aliphatic hydroxyl groups excluding tert-OH is 1. The van der Waals surface area contributed by atoms with Crippen molar-refractivity contribution in [3.05, 3.63) is 29.8 Å². The summed E-state index contributed by atoms with van der Waals surface area (Å²) in [6.07, 6.45) is 0.865. The number of benzene rings is 1. The molecule has 0 aliphatic heterocycles. The number of aliphatic hydroxyl groups is 1. The van der Waals surface area contributed by atoms with Crippen LogP contribution in [0.2, 0.25) is 0 Å².